The predicted molar refractivity (Wildman–Crippen MR) is 71.1 cm³/mol. The van der Waals surface area contributed by atoms with Gasteiger partial charge in [-0.2, -0.15) is 0 Å². The summed E-state index contributed by atoms with van der Waals surface area (Å²) in [6.07, 6.45) is 0.667. The minimum atomic E-state index is -0.295. The van der Waals surface area contributed by atoms with Gasteiger partial charge in [0.15, 0.2) is 0 Å². The Balaban J connectivity index is 2.39. The zero-order valence-electron chi connectivity index (χ0n) is 10.1. The van der Waals surface area contributed by atoms with Gasteiger partial charge >= 0.3 is 0 Å². The van der Waals surface area contributed by atoms with Crippen LogP contribution in [-0.2, 0) is 6.54 Å². The Morgan fingerprint density at radius 3 is 2.69 bits per heavy atom. The van der Waals surface area contributed by atoms with Crippen LogP contribution in [0.1, 0.15) is 32.1 Å². The van der Waals surface area contributed by atoms with E-state index >= 15 is 0 Å². The molecule has 1 aromatic rings. The number of aliphatic hydroxyl groups excluding tert-OH is 1. The largest absolute Gasteiger partial charge is 0.393 e. The minimum Gasteiger partial charge on any atom is -0.393 e. The lowest BCUT2D eigenvalue weighted by molar-refractivity contribution is 0.0489. The van der Waals surface area contributed by atoms with Crippen molar-refractivity contribution in [3.05, 3.63) is 21.3 Å². The Labute approximate surface area is 107 Å². The highest BCUT2D eigenvalue weighted by atomic mass is 35.5. The van der Waals surface area contributed by atoms with Crippen LogP contribution >= 0.6 is 22.9 Å². The van der Waals surface area contributed by atoms with E-state index in [4.69, 9.17) is 11.6 Å². The molecule has 1 heterocycles. The highest BCUT2D eigenvalue weighted by Crippen LogP contribution is 2.25. The first-order valence-corrected chi connectivity index (χ1v) is 6.80. The first-order valence-electron chi connectivity index (χ1n) is 5.61. The zero-order valence-corrected chi connectivity index (χ0v) is 11.7. The maximum absolute atomic E-state index is 9.71. The third-order valence-corrected chi connectivity index (χ3v) is 4.50. The monoisotopic (exact) mass is 261 g/mol. The summed E-state index contributed by atoms with van der Waals surface area (Å²) in [5, 5.41) is 13.1. The summed E-state index contributed by atoms with van der Waals surface area (Å²) in [6.45, 7) is 7.70. The normalized spacial score (nSPS) is 17.1. The van der Waals surface area contributed by atoms with Crippen molar-refractivity contribution in [3.63, 3.8) is 0 Å². The molecule has 92 valence electrons. The summed E-state index contributed by atoms with van der Waals surface area (Å²) in [4.78, 5) is 1.23. The molecular formula is C12H20ClNOS. The Morgan fingerprint density at radius 1 is 1.56 bits per heavy atom. The van der Waals surface area contributed by atoms with Crippen LogP contribution in [0.5, 0.6) is 0 Å². The van der Waals surface area contributed by atoms with Crippen molar-refractivity contribution in [2.45, 2.75) is 39.8 Å². The lowest BCUT2D eigenvalue weighted by atomic mass is 9.82. The van der Waals surface area contributed by atoms with Crippen LogP contribution < -0.4 is 5.32 Å². The van der Waals surface area contributed by atoms with Crippen molar-refractivity contribution in [1.29, 1.82) is 0 Å². The summed E-state index contributed by atoms with van der Waals surface area (Å²) in [5.74, 6) is 0. The minimum absolute atomic E-state index is 0.0545. The third kappa shape index (κ3) is 3.74. The van der Waals surface area contributed by atoms with Crippen LogP contribution in [0.2, 0.25) is 4.34 Å². The van der Waals surface area contributed by atoms with Crippen molar-refractivity contribution in [2.24, 2.45) is 5.41 Å². The standard InChI is InChI=1S/C12H20ClNOS/c1-4-12(3,9(2)15)8-14-7-10-5-6-11(13)16-10/h5-6,9,14-15H,4,7-8H2,1-3H3. The van der Waals surface area contributed by atoms with Gasteiger partial charge in [-0.1, -0.05) is 25.4 Å². The quantitative estimate of drug-likeness (QED) is 0.824. The molecule has 0 fully saturated rings. The van der Waals surface area contributed by atoms with Crippen molar-refractivity contribution >= 4 is 22.9 Å². The molecule has 2 N–H and O–H groups in total. The molecule has 0 radical (unpaired) electrons. The van der Waals surface area contributed by atoms with E-state index < -0.39 is 0 Å². The molecule has 0 saturated carbocycles. The summed E-state index contributed by atoms with van der Waals surface area (Å²) in [7, 11) is 0. The topological polar surface area (TPSA) is 32.3 Å². The molecule has 0 aliphatic rings. The molecular weight excluding hydrogens is 242 g/mol. The second kappa shape index (κ2) is 6.01. The van der Waals surface area contributed by atoms with E-state index in [0.717, 1.165) is 23.8 Å². The molecule has 0 aromatic carbocycles. The van der Waals surface area contributed by atoms with Gasteiger partial charge < -0.3 is 10.4 Å². The lowest BCUT2D eigenvalue weighted by Crippen LogP contribution is -2.39. The fraction of sp³-hybridized carbons (Fsp3) is 0.667. The molecule has 0 saturated heterocycles. The van der Waals surface area contributed by atoms with E-state index in [9.17, 15) is 5.11 Å². The van der Waals surface area contributed by atoms with E-state index in [2.05, 4.69) is 19.2 Å². The number of thiophene rings is 1. The summed E-state index contributed by atoms with van der Waals surface area (Å²) in [5.41, 5.74) is -0.0545. The van der Waals surface area contributed by atoms with Crippen LogP contribution in [0.4, 0.5) is 0 Å². The highest BCUT2D eigenvalue weighted by molar-refractivity contribution is 7.16. The van der Waals surface area contributed by atoms with Gasteiger partial charge in [-0.3, -0.25) is 0 Å². The van der Waals surface area contributed by atoms with Gasteiger partial charge in [-0.25, -0.2) is 0 Å². The summed E-state index contributed by atoms with van der Waals surface area (Å²) < 4.78 is 0.825. The first-order chi connectivity index (χ1) is 7.48. The van der Waals surface area contributed by atoms with Gasteiger partial charge in [0.2, 0.25) is 0 Å². The predicted octanol–water partition coefficient (Wildman–Crippen LogP) is 3.29. The number of hydrogen-bond donors (Lipinski definition) is 2. The smallest absolute Gasteiger partial charge is 0.0931 e. The van der Waals surface area contributed by atoms with Crippen LogP contribution in [0.3, 0.4) is 0 Å². The molecule has 0 bridgehead atoms. The van der Waals surface area contributed by atoms with E-state index in [1.165, 1.54) is 4.88 Å². The molecule has 2 unspecified atom stereocenters. The molecule has 0 aliphatic carbocycles. The van der Waals surface area contributed by atoms with E-state index in [1.54, 1.807) is 11.3 Å². The van der Waals surface area contributed by atoms with Gasteiger partial charge in [0.25, 0.3) is 0 Å². The van der Waals surface area contributed by atoms with Crippen LogP contribution in [0, 0.1) is 5.41 Å². The lowest BCUT2D eigenvalue weighted by Gasteiger charge is -2.31. The van der Waals surface area contributed by atoms with Gasteiger partial charge in [0, 0.05) is 23.4 Å². The Bertz CT molecular complexity index is 327. The van der Waals surface area contributed by atoms with Gasteiger partial charge in [-0.05, 0) is 25.5 Å². The number of nitrogens with one attached hydrogen (secondary N) is 1. The summed E-state index contributed by atoms with van der Waals surface area (Å²) >= 11 is 7.45. The van der Waals surface area contributed by atoms with E-state index in [0.29, 0.717) is 0 Å². The van der Waals surface area contributed by atoms with Crippen LogP contribution in [-0.4, -0.2) is 17.8 Å². The molecule has 2 nitrogen and oxygen atoms in total. The van der Waals surface area contributed by atoms with Crippen molar-refractivity contribution in [1.82, 2.24) is 5.32 Å². The zero-order chi connectivity index (χ0) is 12.2. The van der Waals surface area contributed by atoms with Crippen LogP contribution in [0.15, 0.2) is 12.1 Å². The third-order valence-electron chi connectivity index (χ3n) is 3.27. The van der Waals surface area contributed by atoms with Gasteiger partial charge in [0.1, 0.15) is 0 Å². The van der Waals surface area contributed by atoms with Crippen molar-refractivity contribution in [3.8, 4) is 0 Å². The van der Waals surface area contributed by atoms with Gasteiger partial charge in [-0.15, -0.1) is 11.3 Å². The fourth-order valence-corrected chi connectivity index (χ4v) is 2.54. The molecule has 0 amide bonds. The van der Waals surface area contributed by atoms with Crippen molar-refractivity contribution < 1.29 is 5.11 Å². The molecule has 0 aliphatic heterocycles. The first kappa shape index (κ1) is 14.0. The number of hydrogen-bond acceptors (Lipinski definition) is 3. The number of halogens is 1. The molecule has 4 heteroatoms. The van der Waals surface area contributed by atoms with Crippen LogP contribution in [0.25, 0.3) is 0 Å². The molecule has 1 aromatic heterocycles. The maximum Gasteiger partial charge on any atom is 0.0931 e. The van der Waals surface area contributed by atoms with Gasteiger partial charge in [0.05, 0.1) is 10.4 Å². The molecule has 2 atom stereocenters. The molecule has 0 spiro atoms. The molecule has 16 heavy (non-hydrogen) atoms. The van der Waals surface area contributed by atoms with E-state index in [-0.39, 0.29) is 11.5 Å². The number of rotatable bonds is 6. The Morgan fingerprint density at radius 2 is 2.25 bits per heavy atom. The Kier molecular flexibility index (Phi) is 5.25. The fourth-order valence-electron chi connectivity index (χ4n) is 1.49. The highest BCUT2D eigenvalue weighted by Gasteiger charge is 2.27. The maximum atomic E-state index is 9.71. The van der Waals surface area contributed by atoms with E-state index in [1.807, 2.05) is 19.1 Å². The number of aliphatic hydroxyl groups is 1. The summed E-state index contributed by atoms with van der Waals surface area (Å²) in [6, 6.07) is 3.95. The molecule has 1 rings (SSSR count). The average Bonchev–Trinajstić information content (AvgIpc) is 2.63. The Hall–Kier alpha value is -0.0900. The SMILES string of the molecule is CCC(C)(CNCc1ccc(Cl)s1)C(C)O. The average molecular weight is 262 g/mol. The second-order valence-electron chi connectivity index (χ2n) is 4.49. The second-order valence-corrected chi connectivity index (χ2v) is 6.29. The van der Waals surface area contributed by atoms with Crippen molar-refractivity contribution in [2.75, 3.05) is 6.54 Å².